The highest BCUT2D eigenvalue weighted by Gasteiger charge is 2.24. The first kappa shape index (κ1) is 17.9. The third-order valence-electron chi connectivity index (χ3n) is 4.56. The molecule has 0 aromatic heterocycles. The molecule has 0 radical (unpaired) electrons. The van der Waals surface area contributed by atoms with E-state index in [1.54, 1.807) is 0 Å². The zero-order valence-corrected chi connectivity index (χ0v) is 14.7. The summed E-state index contributed by atoms with van der Waals surface area (Å²) in [4.78, 5) is 26.5. The van der Waals surface area contributed by atoms with Gasteiger partial charge in [-0.1, -0.05) is 30.3 Å². The molecule has 6 heteroatoms. The second kappa shape index (κ2) is 8.49. The molecule has 1 aliphatic heterocycles. The Morgan fingerprint density at radius 1 is 1.04 bits per heavy atom. The summed E-state index contributed by atoms with van der Waals surface area (Å²) >= 11 is 0. The van der Waals surface area contributed by atoms with Gasteiger partial charge in [0.15, 0.2) is 0 Å². The van der Waals surface area contributed by atoms with Crippen molar-refractivity contribution in [2.75, 3.05) is 18.4 Å². The van der Waals surface area contributed by atoms with Gasteiger partial charge in [-0.3, -0.25) is 4.79 Å². The maximum Gasteiger partial charge on any atom is 0.319 e. The van der Waals surface area contributed by atoms with Crippen LogP contribution in [-0.4, -0.2) is 36.0 Å². The van der Waals surface area contributed by atoms with E-state index in [0.717, 1.165) is 24.1 Å². The lowest BCUT2D eigenvalue weighted by molar-refractivity contribution is 0.0708. The lowest BCUT2D eigenvalue weighted by atomic mass is 10.0. The Balaban J connectivity index is 1.49. The Labute approximate surface area is 153 Å². The van der Waals surface area contributed by atoms with Crippen molar-refractivity contribution in [2.24, 2.45) is 5.73 Å². The molecule has 2 aromatic carbocycles. The van der Waals surface area contributed by atoms with Crippen molar-refractivity contribution < 1.29 is 9.59 Å². The SMILES string of the molecule is NCc1cccc(C(=O)N2CCC(NC(=O)Nc3ccccc3)CC2)c1. The van der Waals surface area contributed by atoms with Crippen LogP contribution in [0.3, 0.4) is 0 Å². The molecule has 0 saturated carbocycles. The zero-order valence-electron chi connectivity index (χ0n) is 14.7. The summed E-state index contributed by atoms with van der Waals surface area (Å²) in [6, 6.07) is 16.6. The summed E-state index contributed by atoms with van der Waals surface area (Å²) in [5, 5.41) is 5.80. The fourth-order valence-corrected chi connectivity index (χ4v) is 3.11. The third kappa shape index (κ3) is 4.61. The van der Waals surface area contributed by atoms with Crippen molar-refractivity contribution in [1.29, 1.82) is 0 Å². The molecule has 0 aliphatic carbocycles. The maximum absolute atomic E-state index is 12.6. The van der Waals surface area contributed by atoms with E-state index < -0.39 is 0 Å². The van der Waals surface area contributed by atoms with Crippen LogP contribution in [0.4, 0.5) is 10.5 Å². The molecule has 0 unspecified atom stereocenters. The van der Waals surface area contributed by atoms with Gasteiger partial charge >= 0.3 is 6.03 Å². The van der Waals surface area contributed by atoms with Crippen molar-refractivity contribution in [3.05, 3.63) is 65.7 Å². The van der Waals surface area contributed by atoms with Crippen LogP contribution in [-0.2, 0) is 6.54 Å². The molecule has 4 N–H and O–H groups in total. The highest BCUT2D eigenvalue weighted by atomic mass is 16.2. The van der Waals surface area contributed by atoms with Crippen molar-refractivity contribution in [3.8, 4) is 0 Å². The molecular formula is C20H24N4O2. The fraction of sp³-hybridized carbons (Fsp3) is 0.300. The predicted octanol–water partition coefficient (Wildman–Crippen LogP) is 2.57. The monoisotopic (exact) mass is 352 g/mol. The Bertz CT molecular complexity index is 755. The highest BCUT2D eigenvalue weighted by Crippen LogP contribution is 2.15. The van der Waals surface area contributed by atoms with Crippen molar-refractivity contribution in [3.63, 3.8) is 0 Å². The predicted molar refractivity (Wildman–Crippen MR) is 102 cm³/mol. The molecule has 26 heavy (non-hydrogen) atoms. The smallest absolute Gasteiger partial charge is 0.319 e. The number of hydrogen-bond donors (Lipinski definition) is 3. The summed E-state index contributed by atoms with van der Waals surface area (Å²) in [7, 11) is 0. The standard InChI is InChI=1S/C20H24N4O2/c21-14-15-5-4-6-16(13-15)19(25)24-11-9-18(10-12-24)23-20(26)22-17-7-2-1-3-8-17/h1-8,13,18H,9-12,14,21H2,(H2,22,23,26). The van der Waals surface area contributed by atoms with Crippen LogP contribution in [0.25, 0.3) is 0 Å². The van der Waals surface area contributed by atoms with Gasteiger partial charge in [0.25, 0.3) is 5.91 Å². The lowest BCUT2D eigenvalue weighted by Gasteiger charge is -2.32. The average Bonchev–Trinajstić information content (AvgIpc) is 2.69. The van der Waals surface area contributed by atoms with Crippen LogP contribution in [0, 0.1) is 0 Å². The number of rotatable bonds is 4. The molecular weight excluding hydrogens is 328 g/mol. The first-order chi connectivity index (χ1) is 12.7. The summed E-state index contributed by atoms with van der Waals surface area (Å²) in [6.45, 7) is 1.67. The number of likely N-dealkylation sites (tertiary alicyclic amines) is 1. The number of carbonyl (C=O) groups excluding carboxylic acids is 2. The first-order valence-electron chi connectivity index (χ1n) is 8.86. The van der Waals surface area contributed by atoms with E-state index in [-0.39, 0.29) is 18.0 Å². The van der Waals surface area contributed by atoms with E-state index in [4.69, 9.17) is 5.73 Å². The van der Waals surface area contributed by atoms with Crippen LogP contribution in [0.15, 0.2) is 54.6 Å². The quantitative estimate of drug-likeness (QED) is 0.790. The minimum absolute atomic E-state index is 0.0208. The number of amides is 3. The third-order valence-corrected chi connectivity index (χ3v) is 4.56. The van der Waals surface area contributed by atoms with Gasteiger partial charge in [0.05, 0.1) is 0 Å². The average molecular weight is 352 g/mol. The van der Waals surface area contributed by atoms with Gasteiger partial charge in [-0.2, -0.15) is 0 Å². The number of carbonyl (C=O) groups is 2. The number of nitrogens with one attached hydrogen (secondary N) is 2. The molecule has 1 aliphatic rings. The highest BCUT2D eigenvalue weighted by molar-refractivity contribution is 5.94. The van der Waals surface area contributed by atoms with Crippen molar-refractivity contribution in [1.82, 2.24) is 10.2 Å². The van der Waals surface area contributed by atoms with Gasteiger partial charge in [0.1, 0.15) is 0 Å². The van der Waals surface area contributed by atoms with E-state index in [1.807, 2.05) is 59.5 Å². The van der Waals surface area contributed by atoms with Gasteiger partial charge in [-0.05, 0) is 42.7 Å². The van der Waals surface area contributed by atoms with Crippen LogP contribution >= 0.6 is 0 Å². The fourth-order valence-electron chi connectivity index (χ4n) is 3.11. The van der Waals surface area contributed by atoms with E-state index >= 15 is 0 Å². The number of piperidine rings is 1. The van der Waals surface area contributed by atoms with Crippen LogP contribution in [0.1, 0.15) is 28.8 Å². The number of para-hydroxylation sites is 1. The molecule has 0 spiro atoms. The molecule has 1 saturated heterocycles. The van der Waals surface area contributed by atoms with Gasteiger partial charge in [-0.15, -0.1) is 0 Å². The summed E-state index contributed by atoms with van der Waals surface area (Å²) in [6.07, 6.45) is 1.48. The van der Waals surface area contributed by atoms with E-state index in [9.17, 15) is 9.59 Å². The number of benzene rings is 2. The number of anilines is 1. The molecule has 0 atom stereocenters. The molecule has 0 bridgehead atoms. The van der Waals surface area contributed by atoms with Gasteiger partial charge in [-0.25, -0.2) is 4.79 Å². The summed E-state index contributed by atoms with van der Waals surface area (Å²) < 4.78 is 0. The topological polar surface area (TPSA) is 87.5 Å². The largest absolute Gasteiger partial charge is 0.338 e. The number of nitrogens with two attached hydrogens (primary N) is 1. The van der Waals surface area contributed by atoms with Crippen LogP contribution in [0.5, 0.6) is 0 Å². The van der Waals surface area contributed by atoms with Gasteiger partial charge in [0, 0.05) is 36.9 Å². The van der Waals surface area contributed by atoms with Crippen molar-refractivity contribution in [2.45, 2.75) is 25.4 Å². The van der Waals surface area contributed by atoms with Crippen molar-refractivity contribution >= 4 is 17.6 Å². The second-order valence-electron chi connectivity index (χ2n) is 6.44. The van der Waals surface area contributed by atoms with Crippen LogP contribution < -0.4 is 16.4 Å². The minimum Gasteiger partial charge on any atom is -0.338 e. The Hall–Kier alpha value is -2.86. The normalized spacial score (nSPS) is 14.7. The van der Waals surface area contributed by atoms with Gasteiger partial charge < -0.3 is 21.3 Å². The molecule has 1 fully saturated rings. The van der Waals surface area contributed by atoms with Gasteiger partial charge in [0.2, 0.25) is 0 Å². The molecule has 3 amide bonds. The Morgan fingerprint density at radius 2 is 1.77 bits per heavy atom. The van der Waals surface area contributed by atoms with E-state index in [2.05, 4.69) is 10.6 Å². The van der Waals surface area contributed by atoms with E-state index in [1.165, 1.54) is 0 Å². The van der Waals surface area contributed by atoms with Crippen LogP contribution in [0.2, 0.25) is 0 Å². The molecule has 1 heterocycles. The summed E-state index contributed by atoms with van der Waals surface area (Å²) in [5.41, 5.74) is 8.02. The zero-order chi connectivity index (χ0) is 18.4. The first-order valence-corrected chi connectivity index (χ1v) is 8.86. The second-order valence-corrected chi connectivity index (χ2v) is 6.44. The molecule has 2 aromatic rings. The van der Waals surface area contributed by atoms with E-state index in [0.29, 0.717) is 25.2 Å². The maximum atomic E-state index is 12.6. The summed E-state index contributed by atoms with van der Waals surface area (Å²) in [5.74, 6) is 0.0208. The Morgan fingerprint density at radius 3 is 2.46 bits per heavy atom. The lowest BCUT2D eigenvalue weighted by Crippen LogP contribution is -2.47. The molecule has 6 nitrogen and oxygen atoms in total. The molecule has 136 valence electrons. The number of hydrogen-bond acceptors (Lipinski definition) is 3. The molecule has 3 rings (SSSR count). The minimum atomic E-state index is -0.211. The number of urea groups is 1. The Kier molecular flexibility index (Phi) is 5.86. The number of nitrogens with zero attached hydrogens (tertiary/aromatic N) is 1.